The Morgan fingerprint density at radius 2 is 0.260 bits per heavy atom. The van der Waals surface area contributed by atoms with Crippen molar-refractivity contribution in [3.8, 4) is 0 Å². The average Bonchev–Trinajstić information content (AvgIpc) is 3.47. The molecule has 14 heteroatoms. The molecule has 14 unspecified atom stereocenters. The van der Waals surface area contributed by atoms with Gasteiger partial charge in [0, 0.05) is 41.4 Å². The van der Waals surface area contributed by atoms with E-state index in [0.29, 0.717) is 0 Å². The molecule has 0 aromatic rings. The minimum Gasteiger partial charge on any atom is -0.346 e. The van der Waals surface area contributed by atoms with Crippen LogP contribution in [-0.2, 0) is 66.3 Å². The largest absolute Gasteiger partial charge is 0.346 e. The van der Waals surface area contributed by atoms with E-state index < -0.39 is 44.0 Å². The lowest BCUT2D eigenvalue weighted by molar-refractivity contribution is -0.368. The molecule has 21 fully saturated rings. The molecule has 0 aliphatic carbocycles. The number of hydrogen-bond donors (Lipinski definition) is 0. The Morgan fingerprint density at radius 1 is 0.156 bits per heavy atom. The van der Waals surface area contributed by atoms with Crippen LogP contribution in [0.2, 0.25) is 0 Å². The van der Waals surface area contributed by atoms with E-state index in [1.807, 2.05) is 0 Å². The van der Waals surface area contributed by atoms with Crippen molar-refractivity contribution in [2.45, 2.75) is 320 Å². The molecule has 0 N–H and O–H groups in total. The molecule has 77 heavy (non-hydrogen) atoms. The maximum atomic E-state index is 7.19. The SMILES string of the molecule is CCC1O[C@@H]2O[C@H]3C(CC)O[C@@H](O[C@H]4C(CC)O[C@@H](O[C@H]5C(CC)O[C@@H](O[C@H]6C(CC)O[C@@H](O[C@H]7C(CC)O[C@@H](O[C@H]8C(CC)O[C@@H](O[C@@H]1[C@H](C)C2C)C(C)[C@H]8C)C(C)[C@H]7C)C(C)[C@H]6C)C(C)[C@H]5C)C(C)[C@H]4C)C(C)[C@H]3C. The minimum atomic E-state index is -0.415. The molecule has 0 spiro atoms. The fraction of sp³-hybridized carbons (Fsp3) is 1.00. The molecule has 0 aromatic carbocycles. The van der Waals surface area contributed by atoms with E-state index in [-0.39, 0.29) is 168 Å². The van der Waals surface area contributed by atoms with Crippen molar-refractivity contribution in [1.82, 2.24) is 0 Å². The summed E-state index contributed by atoms with van der Waals surface area (Å²) < 4.78 is 99.4. The summed E-state index contributed by atoms with van der Waals surface area (Å²) in [5.74, 6) is 1.39. The predicted octanol–water partition coefficient (Wildman–Crippen LogP) is 12.5. The first kappa shape index (κ1) is 62.5. The number of rotatable bonds is 7. The summed E-state index contributed by atoms with van der Waals surface area (Å²) in [5, 5.41) is 0. The van der Waals surface area contributed by atoms with E-state index in [9.17, 15) is 0 Å². The number of ether oxygens (including phenoxy) is 14. The molecule has 0 saturated carbocycles. The highest BCUT2D eigenvalue weighted by Crippen LogP contribution is 2.48. The van der Waals surface area contributed by atoms with Gasteiger partial charge in [0.25, 0.3) is 0 Å². The fourth-order valence-corrected chi connectivity index (χ4v) is 14.8. The molecule has 14 nitrogen and oxygen atoms in total. The lowest BCUT2D eigenvalue weighted by Crippen LogP contribution is -2.60. The second-order valence-electron chi connectivity index (χ2n) is 26.4. The van der Waals surface area contributed by atoms with Crippen LogP contribution in [0.25, 0.3) is 0 Å². The Balaban J connectivity index is 1.08. The van der Waals surface area contributed by atoms with Crippen molar-refractivity contribution in [2.24, 2.45) is 82.9 Å². The Labute approximate surface area is 467 Å². The molecule has 21 saturated heterocycles. The molecule has 21 rings (SSSR count). The first-order valence-corrected chi connectivity index (χ1v) is 31.8. The standard InChI is InChI=1S/C63H112O14/c1-22-43-50-29(8)36(15)57(64-43)72-51-31(10)38(17)59(66-44(51)23-2)74-53-33(12)40(19)61(68-46(53)25-4)76-55-35(14)42(21)63(70-48(55)27-6)77-56-34(13)41(20)62(69-49(56)28-7)75-54-32(11)39(18)60(67-47(54)26-5)73-52-30(9)37(16)58(71-50)65-45(52)24-3/h29-63H,22-28H2,1-21H3/t29-,30-,31-,32-,33-,34-,35-,36?,37?,38?,39?,40?,41?,42?,43?,44?,45?,46?,47?,48?,49?,50-,51-,52-,53-,54-,55-,56-,57-,58+,59+,60+,61+,62+,63+/m1/s1. The van der Waals surface area contributed by atoms with Crippen LogP contribution in [0.1, 0.15) is 190 Å². The second kappa shape index (κ2) is 26.6. The first-order chi connectivity index (χ1) is 36.7. The van der Waals surface area contributed by atoms with Gasteiger partial charge in [0.2, 0.25) is 0 Å². The zero-order chi connectivity index (χ0) is 56.1. The van der Waals surface area contributed by atoms with E-state index in [1.54, 1.807) is 0 Å². The molecular formula is C63H112O14. The summed E-state index contributed by atoms with van der Waals surface area (Å²) in [6.45, 7) is 47.2. The van der Waals surface area contributed by atoms with Crippen molar-refractivity contribution in [3.05, 3.63) is 0 Å². The van der Waals surface area contributed by atoms with E-state index in [1.165, 1.54) is 0 Å². The smallest absolute Gasteiger partial charge is 0.161 e. The lowest BCUT2D eigenvalue weighted by atomic mass is 9.80. The third kappa shape index (κ3) is 12.4. The summed E-state index contributed by atoms with van der Waals surface area (Å²) >= 11 is 0. The van der Waals surface area contributed by atoms with Crippen molar-refractivity contribution in [3.63, 3.8) is 0 Å². The van der Waals surface area contributed by atoms with Gasteiger partial charge < -0.3 is 66.3 Å². The molecule has 21 aliphatic heterocycles. The fourth-order valence-electron chi connectivity index (χ4n) is 14.8. The van der Waals surface area contributed by atoms with Gasteiger partial charge in [-0.15, -0.1) is 0 Å². The van der Waals surface area contributed by atoms with Crippen molar-refractivity contribution in [2.75, 3.05) is 0 Å². The topological polar surface area (TPSA) is 129 Å². The molecule has 35 atom stereocenters. The summed E-state index contributed by atoms with van der Waals surface area (Å²) in [6, 6.07) is 0. The van der Waals surface area contributed by atoms with Crippen molar-refractivity contribution < 1.29 is 66.3 Å². The Hall–Kier alpha value is -0.560. The van der Waals surface area contributed by atoms with Crippen molar-refractivity contribution >= 4 is 0 Å². The zero-order valence-corrected chi connectivity index (χ0v) is 51.9. The molecule has 21 aliphatic rings. The van der Waals surface area contributed by atoms with E-state index in [2.05, 4.69) is 145 Å². The highest BCUT2D eigenvalue weighted by Gasteiger charge is 2.56. The van der Waals surface area contributed by atoms with Crippen LogP contribution < -0.4 is 0 Å². The van der Waals surface area contributed by atoms with Crippen LogP contribution in [0, 0.1) is 82.9 Å². The first-order valence-electron chi connectivity index (χ1n) is 31.8. The third-order valence-electron chi connectivity index (χ3n) is 22.0. The summed E-state index contributed by atoms with van der Waals surface area (Å²) in [7, 11) is 0. The monoisotopic (exact) mass is 1090 g/mol. The Morgan fingerprint density at radius 3 is 0.351 bits per heavy atom. The summed E-state index contributed by atoms with van der Waals surface area (Å²) in [5.41, 5.74) is 0. The molecule has 14 bridgehead atoms. The highest BCUT2D eigenvalue weighted by atomic mass is 16.8. The van der Waals surface area contributed by atoms with Crippen LogP contribution in [0.15, 0.2) is 0 Å². The van der Waals surface area contributed by atoms with E-state index >= 15 is 0 Å². The van der Waals surface area contributed by atoms with Gasteiger partial charge in [-0.1, -0.05) is 145 Å². The minimum absolute atomic E-state index is 0.0573. The van der Waals surface area contributed by atoms with E-state index in [4.69, 9.17) is 66.3 Å². The Kier molecular flexibility index (Phi) is 21.6. The van der Waals surface area contributed by atoms with Crippen LogP contribution in [0.3, 0.4) is 0 Å². The van der Waals surface area contributed by atoms with Gasteiger partial charge in [0.15, 0.2) is 44.0 Å². The second-order valence-corrected chi connectivity index (χ2v) is 26.4. The van der Waals surface area contributed by atoms with Gasteiger partial charge >= 0.3 is 0 Å². The molecule has 0 aromatic heterocycles. The predicted molar refractivity (Wildman–Crippen MR) is 295 cm³/mol. The lowest BCUT2D eigenvalue weighted by Gasteiger charge is -2.52. The molecule has 0 radical (unpaired) electrons. The molecule has 0 amide bonds. The average molecular weight is 1090 g/mol. The van der Waals surface area contributed by atoms with Crippen LogP contribution in [-0.4, -0.2) is 129 Å². The van der Waals surface area contributed by atoms with Crippen LogP contribution in [0.4, 0.5) is 0 Å². The van der Waals surface area contributed by atoms with Gasteiger partial charge in [-0.2, -0.15) is 0 Å². The Bertz CT molecular complexity index is 1440. The molecular weight excluding hydrogens is 981 g/mol. The highest BCUT2D eigenvalue weighted by molar-refractivity contribution is 4.97. The zero-order valence-electron chi connectivity index (χ0n) is 51.9. The number of hydrogen-bond acceptors (Lipinski definition) is 14. The quantitative estimate of drug-likeness (QED) is 0.240. The van der Waals surface area contributed by atoms with E-state index in [0.717, 1.165) is 44.9 Å². The van der Waals surface area contributed by atoms with Gasteiger partial charge in [-0.3, -0.25) is 0 Å². The van der Waals surface area contributed by atoms with Gasteiger partial charge in [-0.05, 0) is 86.4 Å². The molecule has 21 heterocycles. The maximum absolute atomic E-state index is 7.19. The van der Waals surface area contributed by atoms with Gasteiger partial charge in [-0.25, -0.2) is 0 Å². The van der Waals surface area contributed by atoms with Crippen LogP contribution in [0.5, 0.6) is 0 Å². The summed E-state index contributed by atoms with van der Waals surface area (Å²) in [4.78, 5) is 0. The molecule has 448 valence electrons. The van der Waals surface area contributed by atoms with Crippen LogP contribution >= 0.6 is 0 Å². The normalized spacial score (nSPS) is 55.4. The maximum Gasteiger partial charge on any atom is 0.161 e. The summed E-state index contributed by atoms with van der Waals surface area (Å²) in [6.07, 6.45) is 0.183. The van der Waals surface area contributed by atoms with Gasteiger partial charge in [0.1, 0.15) is 0 Å². The third-order valence-corrected chi connectivity index (χ3v) is 22.0. The van der Waals surface area contributed by atoms with Gasteiger partial charge in [0.05, 0.1) is 85.5 Å². The van der Waals surface area contributed by atoms with Crippen molar-refractivity contribution in [1.29, 1.82) is 0 Å².